The van der Waals surface area contributed by atoms with Crippen molar-refractivity contribution in [1.29, 1.82) is 0 Å². The molecule has 0 bridgehead atoms. The van der Waals surface area contributed by atoms with Gasteiger partial charge in [-0.25, -0.2) is 0 Å². The number of hydrazine groups is 1. The van der Waals surface area contributed by atoms with Crippen molar-refractivity contribution in [2.75, 3.05) is 6.54 Å². The first-order valence-corrected chi connectivity index (χ1v) is 7.50. The zero-order valence-corrected chi connectivity index (χ0v) is 12.1. The molecule has 0 aromatic carbocycles. The Balaban J connectivity index is 1.70. The lowest BCUT2D eigenvalue weighted by atomic mass is 9.81. The fourth-order valence-electron chi connectivity index (χ4n) is 2.94. The lowest BCUT2D eigenvalue weighted by molar-refractivity contribution is 0.0903. The maximum atomic E-state index is 12.2. The topological polar surface area (TPSA) is 66.1 Å². The molecule has 5 nitrogen and oxygen atoms in total. The number of alkyl halides is 1. The van der Waals surface area contributed by atoms with Crippen molar-refractivity contribution < 1.29 is 4.79 Å². The first-order chi connectivity index (χ1) is 9.24. The summed E-state index contributed by atoms with van der Waals surface area (Å²) >= 11 is 3.68. The van der Waals surface area contributed by atoms with Gasteiger partial charge in [-0.3, -0.25) is 20.6 Å². The van der Waals surface area contributed by atoms with Crippen LogP contribution in [0.2, 0.25) is 0 Å². The van der Waals surface area contributed by atoms with Gasteiger partial charge >= 0.3 is 0 Å². The second-order valence-electron chi connectivity index (χ2n) is 5.16. The zero-order chi connectivity index (χ0) is 13.2. The lowest BCUT2D eigenvalue weighted by Crippen LogP contribution is -2.51. The van der Waals surface area contributed by atoms with Gasteiger partial charge in [0.1, 0.15) is 5.69 Å². The smallest absolute Gasteiger partial charge is 0.270 e. The molecule has 2 heterocycles. The van der Waals surface area contributed by atoms with Crippen LogP contribution in [0.3, 0.4) is 0 Å². The van der Waals surface area contributed by atoms with Crippen LogP contribution >= 0.6 is 15.9 Å². The monoisotopic (exact) mass is 324 g/mol. The third-order valence-electron chi connectivity index (χ3n) is 3.89. The summed E-state index contributed by atoms with van der Waals surface area (Å²) in [6.07, 6.45) is 3.70. The molecule has 0 spiro atoms. The molecule has 4 unspecified atom stereocenters. The molecular formula is C13H17BrN4O. The molecule has 19 heavy (non-hydrogen) atoms. The van der Waals surface area contributed by atoms with Gasteiger partial charge in [-0.1, -0.05) is 22.0 Å². The predicted octanol–water partition coefficient (Wildman–Crippen LogP) is 0.830. The predicted molar refractivity (Wildman–Crippen MR) is 75.9 cm³/mol. The largest absolute Gasteiger partial charge is 0.348 e. The second kappa shape index (κ2) is 5.56. The van der Waals surface area contributed by atoms with Crippen LogP contribution in [0.4, 0.5) is 0 Å². The van der Waals surface area contributed by atoms with Crippen LogP contribution in [-0.4, -0.2) is 34.3 Å². The van der Waals surface area contributed by atoms with Crippen molar-refractivity contribution in [3.05, 3.63) is 30.1 Å². The minimum Gasteiger partial charge on any atom is -0.348 e. The number of amides is 1. The Morgan fingerprint density at radius 3 is 3.11 bits per heavy atom. The summed E-state index contributed by atoms with van der Waals surface area (Å²) in [4.78, 5) is 16.7. The molecule has 1 aliphatic heterocycles. The molecule has 1 aromatic heterocycles. The van der Waals surface area contributed by atoms with E-state index in [9.17, 15) is 4.79 Å². The van der Waals surface area contributed by atoms with E-state index < -0.39 is 0 Å². The van der Waals surface area contributed by atoms with Gasteiger partial charge in [0.15, 0.2) is 0 Å². The number of rotatable bonds is 2. The number of nitrogens with zero attached hydrogens (tertiary/aromatic N) is 1. The molecule has 1 amide bonds. The van der Waals surface area contributed by atoms with Crippen molar-refractivity contribution in [1.82, 2.24) is 21.2 Å². The van der Waals surface area contributed by atoms with Crippen molar-refractivity contribution in [2.45, 2.75) is 29.8 Å². The minimum absolute atomic E-state index is 0.0853. The third-order valence-corrected chi connectivity index (χ3v) is 4.64. The molecule has 3 N–H and O–H groups in total. The van der Waals surface area contributed by atoms with Gasteiger partial charge in [-0.05, 0) is 25.0 Å². The summed E-state index contributed by atoms with van der Waals surface area (Å²) in [6, 6.07) is 5.99. The molecule has 1 aromatic rings. The molecule has 6 heteroatoms. The summed E-state index contributed by atoms with van der Waals surface area (Å²) in [7, 11) is 0. The van der Waals surface area contributed by atoms with Crippen LogP contribution in [0, 0.1) is 5.92 Å². The van der Waals surface area contributed by atoms with Crippen molar-refractivity contribution >= 4 is 21.8 Å². The van der Waals surface area contributed by atoms with Gasteiger partial charge in [-0.2, -0.15) is 0 Å². The summed E-state index contributed by atoms with van der Waals surface area (Å²) in [5, 5.41) is 3.13. The first kappa shape index (κ1) is 13.0. The van der Waals surface area contributed by atoms with Crippen LogP contribution in [0.15, 0.2) is 24.4 Å². The molecule has 0 radical (unpaired) electrons. The zero-order valence-electron chi connectivity index (χ0n) is 10.5. The van der Waals surface area contributed by atoms with Crippen LogP contribution in [0.1, 0.15) is 23.3 Å². The number of nitrogens with one attached hydrogen (secondary N) is 3. The van der Waals surface area contributed by atoms with E-state index in [1.54, 1.807) is 12.3 Å². The SMILES string of the molecule is O=C(NC1CC(Br)CC2NNCC21)c1ccccn1. The van der Waals surface area contributed by atoms with Crippen molar-refractivity contribution in [3.63, 3.8) is 0 Å². The molecule has 2 fully saturated rings. The minimum atomic E-state index is -0.0853. The van der Waals surface area contributed by atoms with Crippen LogP contribution in [0.25, 0.3) is 0 Å². The molecule has 1 saturated heterocycles. The maximum Gasteiger partial charge on any atom is 0.270 e. The van der Waals surface area contributed by atoms with Gasteiger partial charge in [0, 0.05) is 35.6 Å². The summed E-state index contributed by atoms with van der Waals surface area (Å²) in [5.74, 6) is 0.360. The lowest BCUT2D eigenvalue weighted by Gasteiger charge is -2.35. The van der Waals surface area contributed by atoms with E-state index in [0.717, 1.165) is 19.4 Å². The summed E-state index contributed by atoms with van der Waals surface area (Å²) in [6.45, 7) is 0.900. The number of carbonyl (C=O) groups excluding carboxylic acids is 1. The van der Waals surface area contributed by atoms with Gasteiger partial charge in [0.05, 0.1) is 0 Å². The van der Waals surface area contributed by atoms with E-state index >= 15 is 0 Å². The number of aromatic nitrogens is 1. The van der Waals surface area contributed by atoms with Gasteiger partial charge < -0.3 is 5.32 Å². The third kappa shape index (κ3) is 2.80. The summed E-state index contributed by atoms with van der Waals surface area (Å²) < 4.78 is 0. The maximum absolute atomic E-state index is 12.2. The molecule has 1 saturated carbocycles. The molecule has 102 valence electrons. The van der Waals surface area contributed by atoms with Gasteiger partial charge in [-0.15, -0.1) is 0 Å². The van der Waals surface area contributed by atoms with E-state index in [0.29, 0.717) is 22.5 Å². The van der Waals surface area contributed by atoms with Crippen LogP contribution in [-0.2, 0) is 0 Å². The highest BCUT2D eigenvalue weighted by Crippen LogP contribution is 2.31. The van der Waals surface area contributed by atoms with Crippen LogP contribution in [0.5, 0.6) is 0 Å². The molecule has 2 aliphatic rings. The standard InChI is InChI=1S/C13H17BrN4O/c14-8-5-11(9-7-16-18-12(9)6-8)17-13(19)10-3-1-2-4-15-10/h1-4,8-9,11-12,16,18H,5-7H2,(H,17,19). The van der Waals surface area contributed by atoms with E-state index in [1.807, 2.05) is 12.1 Å². The van der Waals surface area contributed by atoms with Crippen molar-refractivity contribution in [2.24, 2.45) is 5.92 Å². The fourth-order valence-corrected chi connectivity index (χ4v) is 3.75. The summed E-state index contributed by atoms with van der Waals surface area (Å²) in [5.41, 5.74) is 6.96. The Hall–Kier alpha value is -0.980. The Morgan fingerprint density at radius 2 is 2.32 bits per heavy atom. The van der Waals surface area contributed by atoms with Crippen LogP contribution < -0.4 is 16.2 Å². The average Bonchev–Trinajstić information content (AvgIpc) is 2.88. The van der Waals surface area contributed by atoms with Gasteiger partial charge in [0.25, 0.3) is 5.91 Å². The van der Waals surface area contributed by atoms with E-state index in [1.165, 1.54) is 0 Å². The number of carbonyl (C=O) groups is 1. The quantitative estimate of drug-likeness (QED) is 0.705. The Bertz CT molecular complexity index is 455. The number of hydrogen-bond donors (Lipinski definition) is 3. The number of halogens is 1. The highest BCUT2D eigenvalue weighted by atomic mass is 79.9. The van der Waals surface area contributed by atoms with Gasteiger partial charge in [0.2, 0.25) is 0 Å². The molecule has 1 aliphatic carbocycles. The highest BCUT2D eigenvalue weighted by Gasteiger charge is 2.40. The van der Waals surface area contributed by atoms with E-state index in [-0.39, 0.29) is 11.9 Å². The number of pyridine rings is 1. The average molecular weight is 325 g/mol. The van der Waals surface area contributed by atoms with E-state index in [4.69, 9.17) is 0 Å². The van der Waals surface area contributed by atoms with E-state index in [2.05, 4.69) is 37.1 Å². The fraction of sp³-hybridized carbons (Fsp3) is 0.538. The Labute approximate surface area is 120 Å². The normalized spacial score (nSPS) is 33.7. The number of hydrogen-bond acceptors (Lipinski definition) is 4. The molecular weight excluding hydrogens is 308 g/mol. The Morgan fingerprint density at radius 1 is 1.42 bits per heavy atom. The van der Waals surface area contributed by atoms with Crippen molar-refractivity contribution in [3.8, 4) is 0 Å². The molecule has 4 atom stereocenters. The molecule has 3 rings (SSSR count). The number of fused-ring (bicyclic) bond motifs is 1. The highest BCUT2D eigenvalue weighted by molar-refractivity contribution is 9.09. The Kier molecular flexibility index (Phi) is 3.81. The second-order valence-corrected chi connectivity index (χ2v) is 6.45. The first-order valence-electron chi connectivity index (χ1n) is 6.58.